The van der Waals surface area contributed by atoms with E-state index in [2.05, 4.69) is 10.3 Å². The molecule has 0 aliphatic rings. The van der Waals surface area contributed by atoms with Crippen LogP contribution in [0, 0.1) is 6.92 Å². The molecule has 0 saturated heterocycles. The topological polar surface area (TPSA) is 41.5 Å². The Kier molecular flexibility index (Phi) is 6.26. The molecule has 0 radical (unpaired) electrons. The third-order valence-electron chi connectivity index (χ3n) is 3.57. The van der Waals surface area contributed by atoms with Crippen LogP contribution < -0.4 is 5.32 Å². The molecule has 1 amide bonds. The number of fused-ring (bicyclic) bond motifs is 1. The summed E-state index contributed by atoms with van der Waals surface area (Å²) in [5, 5.41) is 4.14. The number of hydrogen-bond acceptors (Lipinski definition) is 3. The molecule has 3 aromatic rings. The standard InChI is InChI=1S/C18H11Cl5N2OS/c1-9-2-5-11(6-3-9)24-17(18(21,22)23)25-16(26)15-14(20)12-7-4-10(19)8-13(12)27-15/h2-8H,1H3,(H,24,25,26). The number of aryl methyl sites for hydroxylation is 1. The van der Waals surface area contributed by atoms with Crippen LogP contribution in [0.25, 0.3) is 10.1 Å². The molecule has 1 N–H and O–H groups in total. The summed E-state index contributed by atoms with van der Waals surface area (Å²) in [4.78, 5) is 17.3. The van der Waals surface area contributed by atoms with Crippen molar-refractivity contribution < 1.29 is 4.79 Å². The number of amides is 1. The molecule has 9 heteroatoms. The lowest BCUT2D eigenvalue weighted by atomic mass is 10.2. The zero-order valence-electron chi connectivity index (χ0n) is 13.7. The minimum Gasteiger partial charge on any atom is -0.306 e. The summed E-state index contributed by atoms with van der Waals surface area (Å²) in [6.07, 6.45) is 0. The number of hydrogen-bond donors (Lipinski definition) is 1. The van der Waals surface area contributed by atoms with E-state index in [1.54, 1.807) is 30.3 Å². The molecule has 140 valence electrons. The van der Waals surface area contributed by atoms with Gasteiger partial charge in [-0.05, 0) is 31.2 Å². The molecule has 0 spiro atoms. The van der Waals surface area contributed by atoms with E-state index < -0.39 is 9.70 Å². The number of aliphatic imine (C=N–C) groups is 1. The number of amidine groups is 1. The van der Waals surface area contributed by atoms with Gasteiger partial charge < -0.3 is 5.32 Å². The first-order chi connectivity index (χ1) is 12.6. The monoisotopic (exact) mass is 478 g/mol. The van der Waals surface area contributed by atoms with Gasteiger partial charge in [0, 0.05) is 15.1 Å². The lowest BCUT2D eigenvalue weighted by Crippen LogP contribution is -2.38. The Hall–Kier alpha value is -1.01. The van der Waals surface area contributed by atoms with E-state index in [1.165, 1.54) is 11.3 Å². The van der Waals surface area contributed by atoms with Crippen molar-refractivity contribution in [2.24, 2.45) is 4.99 Å². The Balaban J connectivity index is 1.96. The predicted molar refractivity (Wildman–Crippen MR) is 118 cm³/mol. The number of nitrogens with zero attached hydrogens (tertiary/aromatic N) is 1. The number of carbonyl (C=O) groups excluding carboxylic acids is 1. The number of carbonyl (C=O) groups is 1. The first-order valence-corrected chi connectivity index (χ1v) is 10.3. The number of alkyl halides is 3. The fourth-order valence-corrected chi connectivity index (χ4v) is 4.22. The van der Waals surface area contributed by atoms with Crippen LogP contribution in [0.4, 0.5) is 5.69 Å². The average Bonchev–Trinajstić information content (AvgIpc) is 2.91. The van der Waals surface area contributed by atoms with Crippen molar-refractivity contribution in [3.05, 3.63) is 63.0 Å². The maximum atomic E-state index is 12.7. The second-order valence-corrected chi connectivity index (χ2v) is 9.78. The van der Waals surface area contributed by atoms with Gasteiger partial charge in [0.15, 0.2) is 5.84 Å². The minimum atomic E-state index is -1.92. The highest BCUT2D eigenvalue weighted by Crippen LogP contribution is 2.37. The van der Waals surface area contributed by atoms with Crippen molar-refractivity contribution in [2.75, 3.05) is 0 Å². The summed E-state index contributed by atoms with van der Waals surface area (Å²) in [6.45, 7) is 1.95. The molecule has 1 heterocycles. The number of nitrogens with one attached hydrogen (secondary N) is 1. The summed E-state index contributed by atoms with van der Waals surface area (Å²) < 4.78 is -1.14. The SMILES string of the molecule is Cc1ccc(N=C(NC(=O)c2sc3cc(Cl)ccc3c2Cl)C(Cl)(Cl)Cl)cc1. The summed E-state index contributed by atoms with van der Waals surface area (Å²) in [7, 11) is 0. The molecule has 0 atom stereocenters. The van der Waals surface area contributed by atoms with Crippen LogP contribution in [-0.2, 0) is 0 Å². The number of thiophene rings is 1. The third kappa shape index (κ3) is 4.89. The smallest absolute Gasteiger partial charge is 0.268 e. The van der Waals surface area contributed by atoms with Gasteiger partial charge in [0.2, 0.25) is 3.79 Å². The van der Waals surface area contributed by atoms with E-state index in [0.717, 1.165) is 15.6 Å². The highest BCUT2D eigenvalue weighted by atomic mass is 35.6. The van der Waals surface area contributed by atoms with Crippen LogP contribution in [0.2, 0.25) is 10.0 Å². The van der Waals surface area contributed by atoms with Gasteiger partial charge in [-0.3, -0.25) is 4.79 Å². The fourth-order valence-electron chi connectivity index (χ4n) is 2.26. The largest absolute Gasteiger partial charge is 0.306 e. The van der Waals surface area contributed by atoms with Gasteiger partial charge >= 0.3 is 0 Å². The molecule has 3 nitrogen and oxygen atoms in total. The van der Waals surface area contributed by atoms with E-state index in [4.69, 9.17) is 58.0 Å². The van der Waals surface area contributed by atoms with Gasteiger partial charge in [-0.15, -0.1) is 11.3 Å². The van der Waals surface area contributed by atoms with Gasteiger partial charge in [0.1, 0.15) is 4.88 Å². The van der Waals surface area contributed by atoms with Crippen molar-refractivity contribution in [2.45, 2.75) is 10.7 Å². The molecule has 2 aromatic carbocycles. The average molecular weight is 481 g/mol. The van der Waals surface area contributed by atoms with Crippen LogP contribution in [0.15, 0.2) is 47.5 Å². The van der Waals surface area contributed by atoms with Crippen molar-refractivity contribution in [3.63, 3.8) is 0 Å². The predicted octanol–water partition coefficient (Wildman–Crippen LogP) is 7.35. The van der Waals surface area contributed by atoms with Crippen LogP contribution in [0.5, 0.6) is 0 Å². The van der Waals surface area contributed by atoms with Gasteiger partial charge in [0.25, 0.3) is 5.91 Å². The molecule has 1 aromatic heterocycles. The summed E-state index contributed by atoms with van der Waals surface area (Å²) >= 11 is 31.5. The molecule has 27 heavy (non-hydrogen) atoms. The van der Waals surface area contributed by atoms with Gasteiger partial charge in [-0.25, -0.2) is 4.99 Å². The lowest BCUT2D eigenvalue weighted by Gasteiger charge is -2.15. The Morgan fingerprint density at radius 3 is 2.37 bits per heavy atom. The minimum absolute atomic E-state index is 0.118. The normalized spacial score (nSPS) is 12.4. The molecule has 0 unspecified atom stereocenters. The second-order valence-electron chi connectivity index (χ2n) is 5.63. The van der Waals surface area contributed by atoms with Gasteiger partial charge in [-0.1, -0.05) is 81.8 Å². The number of rotatable bonds is 2. The molecular weight excluding hydrogens is 470 g/mol. The van der Waals surface area contributed by atoms with Crippen molar-refractivity contribution in [3.8, 4) is 0 Å². The Morgan fingerprint density at radius 1 is 1.07 bits per heavy atom. The van der Waals surface area contributed by atoms with Crippen molar-refractivity contribution in [1.29, 1.82) is 0 Å². The highest BCUT2D eigenvalue weighted by molar-refractivity contribution is 7.21. The quantitative estimate of drug-likeness (QED) is 0.233. The van der Waals surface area contributed by atoms with Crippen LogP contribution in [-0.4, -0.2) is 15.5 Å². The van der Waals surface area contributed by atoms with Gasteiger partial charge in [-0.2, -0.15) is 0 Å². The third-order valence-corrected chi connectivity index (χ3v) is 6.00. The Labute approximate surface area is 184 Å². The molecule has 0 bridgehead atoms. The molecule has 0 saturated carbocycles. The van der Waals surface area contributed by atoms with E-state index >= 15 is 0 Å². The van der Waals surface area contributed by atoms with Crippen molar-refractivity contribution >= 4 is 96.9 Å². The van der Waals surface area contributed by atoms with Gasteiger partial charge in [0.05, 0.1) is 10.7 Å². The van der Waals surface area contributed by atoms with E-state index in [1.807, 2.05) is 19.1 Å². The zero-order valence-corrected chi connectivity index (χ0v) is 18.3. The molecule has 3 rings (SSSR count). The number of benzene rings is 2. The van der Waals surface area contributed by atoms with Crippen LogP contribution in [0.1, 0.15) is 15.2 Å². The zero-order chi connectivity index (χ0) is 19.8. The lowest BCUT2D eigenvalue weighted by molar-refractivity contribution is 0.0980. The molecule has 0 fully saturated rings. The maximum Gasteiger partial charge on any atom is 0.268 e. The first kappa shape index (κ1) is 20.7. The first-order valence-electron chi connectivity index (χ1n) is 7.56. The maximum absolute atomic E-state index is 12.7. The second kappa shape index (κ2) is 8.16. The van der Waals surface area contributed by atoms with Crippen LogP contribution >= 0.6 is 69.3 Å². The Bertz CT molecular complexity index is 1040. The molecule has 0 aliphatic heterocycles. The molecular formula is C18H11Cl5N2OS. The van der Waals surface area contributed by atoms with E-state index in [9.17, 15) is 4.79 Å². The van der Waals surface area contributed by atoms with Crippen molar-refractivity contribution in [1.82, 2.24) is 5.32 Å². The summed E-state index contributed by atoms with van der Waals surface area (Å²) in [5.41, 5.74) is 1.60. The Morgan fingerprint density at radius 2 is 1.74 bits per heavy atom. The van der Waals surface area contributed by atoms with E-state index in [0.29, 0.717) is 15.7 Å². The summed E-state index contributed by atoms with van der Waals surface area (Å²) in [5.74, 6) is -0.637. The summed E-state index contributed by atoms with van der Waals surface area (Å²) in [6, 6.07) is 12.4. The number of halogens is 5. The van der Waals surface area contributed by atoms with E-state index in [-0.39, 0.29) is 10.7 Å². The molecule has 0 aliphatic carbocycles. The highest BCUT2D eigenvalue weighted by Gasteiger charge is 2.31. The van der Waals surface area contributed by atoms with Crippen LogP contribution in [0.3, 0.4) is 0 Å². The fraction of sp³-hybridized carbons (Fsp3) is 0.111.